The van der Waals surface area contributed by atoms with Crippen molar-refractivity contribution in [1.82, 2.24) is 4.90 Å². The van der Waals surface area contributed by atoms with Crippen molar-refractivity contribution in [3.63, 3.8) is 0 Å². The van der Waals surface area contributed by atoms with Crippen molar-refractivity contribution in [2.24, 2.45) is 17.8 Å². The fourth-order valence-electron chi connectivity index (χ4n) is 6.84. The van der Waals surface area contributed by atoms with Crippen LogP contribution in [0.4, 0.5) is 0 Å². The number of carbonyl (C=O) groups is 4. The molecule has 2 N–H and O–H groups in total. The molecule has 4 aliphatic rings. The Morgan fingerprint density at radius 2 is 1.68 bits per heavy atom. The zero-order valence-corrected chi connectivity index (χ0v) is 22.2. The molecule has 204 valence electrons. The van der Waals surface area contributed by atoms with Gasteiger partial charge in [0.1, 0.15) is 17.2 Å². The van der Waals surface area contributed by atoms with Crippen LogP contribution in [-0.2, 0) is 25.6 Å². The van der Waals surface area contributed by atoms with Gasteiger partial charge in [0, 0.05) is 40.8 Å². The predicted octanol–water partition coefficient (Wildman–Crippen LogP) is 3.78. The number of hydrogen-bond donors (Lipinski definition) is 2. The highest BCUT2D eigenvalue weighted by Crippen LogP contribution is 2.56. The predicted molar refractivity (Wildman–Crippen MR) is 145 cm³/mol. The third kappa shape index (κ3) is 3.97. The smallest absolute Gasteiger partial charge is 0.233 e. The monoisotopic (exact) mass is 539 g/mol. The van der Waals surface area contributed by atoms with Gasteiger partial charge in [-0.05, 0) is 61.9 Å². The second-order valence-corrected chi connectivity index (χ2v) is 10.9. The number of Topliss-reactive ketones (excluding diaryl/α,β-unsaturated/α-hetero) is 1. The molecule has 8 heteroatoms. The fraction of sp³-hybridized carbons (Fsp3) is 0.312. The van der Waals surface area contributed by atoms with Gasteiger partial charge >= 0.3 is 0 Å². The summed E-state index contributed by atoms with van der Waals surface area (Å²) >= 11 is 0. The van der Waals surface area contributed by atoms with Crippen LogP contribution in [-0.4, -0.2) is 52.1 Å². The van der Waals surface area contributed by atoms with E-state index >= 15 is 0 Å². The summed E-state index contributed by atoms with van der Waals surface area (Å²) in [6, 6.07) is 11.3. The van der Waals surface area contributed by atoms with Gasteiger partial charge < -0.3 is 14.9 Å². The summed E-state index contributed by atoms with van der Waals surface area (Å²) in [5, 5.41) is 19.6. The summed E-state index contributed by atoms with van der Waals surface area (Å²) in [5.74, 6) is -2.67. The molecule has 0 saturated carbocycles. The molecular formula is C32H29NO7. The Bertz CT molecular complexity index is 1560. The molecule has 0 spiro atoms. The number of ketones is 2. The number of carbonyl (C=O) groups excluding carboxylic acids is 4. The number of nitrogens with zero attached hydrogens (tertiary/aromatic N) is 1. The third-order valence-electron chi connectivity index (χ3n) is 8.74. The van der Waals surface area contributed by atoms with Gasteiger partial charge in [-0.25, -0.2) is 0 Å². The maximum absolute atomic E-state index is 13.8. The quantitative estimate of drug-likeness (QED) is 0.337. The van der Waals surface area contributed by atoms with Gasteiger partial charge in [-0.1, -0.05) is 29.8 Å². The number of fused-ring (bicyclic) bond motifs is 3. The minimum atomic E-state index is -0.640. The van der Waals surface area contributed by atoms with E-state index in [1.165, 1.54) is 30.2 Å². The van der Waals surface area contributed by atoms with Crippen LogP contribution in [0.25, 0.3) is 0 Å². The van der Waals surface area contributed by atoms with Gasteiger partial charge in [0.15, 0.2) is 11.6 Å². The van der Waals surface area contributed by atoms with E-state index in [2.05, 4.69) is 0 Å². The van der Waals surface area contributed by atoms with Crippen LogP contribution in [0.3, 0.4) is 0 Å². The van der Waals surface area contributed by atoms with Gasteiger partial charge in [-0.15, -0.1) is 0 Å². The molecule has 6 rings (SSSR count). The summed E-state index contributed by atoms with van der Waals surface area (Å²) in [6.07, 6.45) is 4.34. The van der Waals surface area contributed by atoms with Crippen molar-refractivity contribution < 1.29 is 34.1 Å². The van der Waals surface area contributed by atoms with Gasteiger partial charge in [-0.3, -0.25) is 24.1 Å². The number of methoxy groups -OCH3 is 1. The topological polar surface area (TPSA) is 121 Å². The molecule has 2 amide bonds. The molecule has 40 heavy (non-hydrogen) atoms. The van der Waals surface area contributed by atoms with E-state index in [-0.39, 0.29) is 47.8 Å². The van der Waals surface area contributed by atoms with Gasteiger partial charge in [0.2, 0.25) is 11.8 Å². The van der Waals surface area contributed by atoms with E-state index in [0.717, 1.165) is 11.1 Å². The lowest BCUT2D eigenvalue weighted by atomic mass is 9.59. The highest BCUT2D eigenvalue weighted by molar-refractivity contribution is 6.24. The van der Waals surface area contributed by atoms with Gasteiger partial charge in [0.25, 0.3) is 0 Å². The summed E-state index contributed by atoms with van der Waals surface area (Å²) < 4.78 is 5.59. The fourth-order valence-corrected chi connectivity index (χ4v) is 6.84. The number of allylic oxidation sites excluding steroid dienone is 6. The number of likely N-dealkylation sites (tertiary alicyclic amines) is 1. The van der Waals surface area contributed by atoms with Crippen molar-refractivity contribution in [1.29, 1.82) is 0 Å². The van der Waals surface area contributed by atoms with Crippen LogP contribution >= 0.6 is 0 Å². The van der Waals surface area contributed by atoms with Crippen LogP contribution in [0.1, 0.15) is 36.8 Å². The lowest BCUT2D eigenvalue weighted by Crippen LogP contribution is -2.40. The SMILES string of the molecule is COc1cc(O)ccc1C1C2=CCC3C(=O)N(CCc4ccc(O)cc4)C(=O)C3C2CC2=C1C(=O)C(C)=CC2=O. The molecule has 4 atom stereocenters. The minimum Gasteiger partial charge on any atom is -0.508 e. The van der Waals surface area contributed by atoms with Crippen LogP contribution in [0.5, 0.6) is 17.2 Å². The van der Waals surface area contributed by atoms with E-state index in [9.17, 15) is 29.4 Å². The zero-order chi connectivity index (χ0) is 28.3. The Kier molecular flexibility index (Phi) is 6.21. The van der Waals surface area contributed by atoms with Crippen LogP contribution < -0.4 is 4.74 Å². The number of benzene rings is 2. The Labute approximate surface area is 231 Å². The lowest BCUT2D eigenvalue weighted by Gasteiger charge is -2.42. The van der Waals surface area contributed by atoms with Gasteiger partial charge in [0.05, 0.1) is 18.9 Å². The first kappa shape index (κ1) is 25.8. The van der Waals surface area contributed by atoms with E-state index < -0.39 is 23.7 Å². The van der Waals surface area contributed by atoms with Crippen molar-refractivity contribution in [2.45, 2.75) is 32.1 Å². The van der Waals surface area contributed by atoms with Crippen molar-refractivity contribution in [2.75, 3.05) is 13.7 Å². The minimum absolute atomic E-state index is 0.00260. The molecule has 4 unspecified atom stereocenters. The second kappa shape index (κ2) is 9.62. The maximum Gasteiger partial charge on any atom is 0.233 e. The average Bonchev–Trinajstić information content (AvgIpc) is 3.19. The van der Waals surface area contributed by atoms with Crippen LogP contribution in [0.2, 0.25) is 0 Å². The van der Waals surface area contributed by atoms with E-state index in [4.69, 9.17) is 4.74 Å². The molecule has 1 aliphatic heterocycles. The molecule has 1 saturated heterocycles. The third-order valence-corrected chi connectivity index (χ3v) is 8.74. The molecule has 8 nitrogen and oxygen atoms in total. The molecule has 2 aromatic carbocycles. The number of rotatable bonds is 5. The summed E-state index contributed by atoms with van der Waals surface area (Å²) in [4.78, 5) is 55.5. The Balaban J connectivity index is 1.40. The first-order chi connectivity index (χ1) is 19.2. The Morgan fingerprint density at radius 1 is 0.950 bits per heavy atom. The summed E-state index contributed by atoms with van der Waals surface area (Å²) in [7, 11) is 1.48. The Morgan fingerprint density at radius 3 is 2.40 bits per heavy atom. The van der Waals surface area contributed by atoms with Crippen LogP contribution in [0, 0.1) is 17.8 Å². The number of ether oxygens (including phenoxy) is 1. The Hall–Kier alpha value is -4.46. The summed E-state index contributed by atoms with van der Waals surface area (Å²) in [6.45, 7) is 1.84. The molecular weight excluding hydrogens is 510 g/mol. The zero-order valence-electron chi connectivity index (χ0n) is 22.2. The van der Waals surface area contributed by atoms with Crippen molar-refractivity contribution in [3.8, 4) is 17.2 Å². The molecule has 1 heterocycles. The van der Waals surface area contributed by atoms with Crippen molar-refractivity contribution in [3.05, 3.63) is 88.0 Å². The second-order valence-electron chi connectivity index (χ2n) is 10.9. The molecule has 0 radical (unpaired) electrons. The highest BCUT2D eigenvalue weighted by atomic mass is 16.5. The number of aromatic hydroxyl groups is 2. The number of phenols is 2. The van der Waals surface area contributed by atoms with E-state index in [1.807, 2.05) is 6.08 Å². The molecule has 1 fully saturated rings. The molecule has 2 aromatic rings. The lowest BCUT2D eigenvalue weighted by molar-refractivity contribution is -0.140. The number of hydrogen-bond acceptors (Lipinski definition) is 7. The van der Waals surface area contributed by atoms with Crippen molar-refractivity contribution >= 4 is 23.4 Å². The molecule has 0 aromatic heterocycles. The largest absolute Gasteiger partial charge is 0.508 e. The van der Waals surface area contributed by atoms with E-state index in [1.54, 1.807) is 37.3 Å². The van der Waals surface area contributed by atoms with Crippen LogP contribution in [0.15, 0.2) is 76.9 Å². The summed E-state index contributed by atoms with van der Waals surface area (Å²) in [5.41, 5.74) is 3.47. The van der Waals surface area contributed by atoms with Gasteiger partial charge in [-0.2, -0.15) is 0 Å². The first-order valence-electron chi connectivity index (χ1n) is 13.4. The highest BCUT2D eigenvalue weighted by Gasteiger charge is 2.56. The first-order valence-corrected chi connectivity index (χ1v) is 13.4. The normalized spacial score (nSPS) is 25.8. The maximum atomic E-state index is 13.8. The average molecular weight is 540 g/mol. The molecule has 0 bridgehead atoms. The number of phenolic OH excluding ortho intramolecular Hbond substituents is 2. The number of imide groups is 1. The number of amides is 2. The standard InChI is InChI=1S/C32H29NO7/c1-16-13-25(36)24-15-23-20(27(29(24)30(16)37)21-8-7-19(35)14-26(21)40-2)9-10-22-28(23)32(39)33(31(22)38)12-11-17-3-5-18(34)6-4-17/h3-9,13-14,22-23,27-28,34-35H,10-12,15H2,1-2H3. The molecule has 3 aliphatic carbocycles. The van der Waals surface area contributed by atoms with E-state index in [0.29, 0.717) is 40.9 Å².